The number of methoxy groups -OCH3 is 1. The molecule has 0 amide bonds. The van der Waals surface area contributed by atoms with Gasteiger partial charge in [0.15, 0.2) is 0 Å². The Morgan fingerprint density at radius 1 is 1.07 bits per heavy atom. The zero-order valence-electron chi connectivity index (χ0n) is 16.5. The second-order valence-corrected chi connectivity index (χ2v) is 6.70. The number of carbonyl (C=O) groups excluding carboxylic acids is 2. The zero-order valence-corrected chi connectivity index (χ0v) is 16.5. The van der Waals surface area contributed by atoms with Gasteiger partial charge in [0.2, 0.25) is 0 Å². The summed E-state index contributed by atoms with van der Waals surface area (Å²) in [5.74, 6) is 0.565. The van der Waals surface area contributed by atoms with Crippen LogP contribution in [0.5, 0.6) is 11.5 Å². The Labute approximate surface area is 161 Å². The maximum atomic E-state index is 12.2. The summed E-state index contributed by atoms with van der Waals surface area (Å²) < 4.78 is 21.7. The summed E-state index contributed by atoms with van der Waals surface area (Å²) in [4.78, 5) is 24.0. The molecule has 0 saturated heterocycles. The van der Waals surface area contributed by atoms with Crippen LogP contribution in [-0.4, -0.2) is 38.4 Å². The number of benzene rings is 1. The van der Waals surface area contributed by atoms with Crippen LogP contribution in [0, 0.1) is 5.92 Å². The van der Waals surface area contributed by atoms with Gasteiger partial charge in [0.05, 0.1) is 32.3 Å². The van der Waals surface area contributed by atoms with E-state index < -0.39 is 0 Å². The molecule has 0 N–H and O–H groups in total. The van der Waals surface area contributed by atoms with Crippen molar-refractivity contribution >= 4 is 11.9 Å². The van der Waals surface area contributed by atoms with Crippen LogP contribution in [0.4, 0.5) is 0 Å². The molecule has 150 valence electrons. The third-order valence-electron chi connectivity index (χ3n) is 4.72. The molecule has 6 heteroatoms. The van der Waals surface area contributed by atoms with Gasteiger partial charge in [0.25, 0.3) is 0 Å². The Kier molecular flexibility index (Phi) is 8.43. The van der Waals surface area contributed by atoms with Crippen LogP contribution in [0.1, 0.15) is 62.7 Å². The van der Waals surface area contributed by atoms with Crippen molar-refractivity contribution in [3.63, 3.8) is 0 Å². The van der Waals surface area contributed by atoms with E-state index in [1.54, 1.807) is 18.2 Å². The topological polar surface area (TPSA) is 71.1 Å². The molecule has 1 aliphatic rings. The Morgan fingerprint density at radius 2 is 1.81 bits per heavy atom. The summed E-state index contributed by atoms with van der Waals surface area (Å²) >= 11 is 0. The van der Waals surface area contributed by atoms with Crippen LogP contribution in [0.25, 0.3) is 0 Å². The van der Waals surface area contributed by atoms with Crippen LogP contribution >= 0.6 is 0 Å². The molecule has 0 aromatic heterocycles. The molecular formula is C21H30O6. The zero-order chi connectivity index (χ0) is 19.6. The third kappa shape index (κ3) is 6.15. The van der Waals surface area contributed by atoms with E-state index >= 15 is 0 Å². The number of carbonyl (C=O) groups is 2. The second-order valence-electron chi connectivity index (χ2n) is 6.70. The van der Waals surface area contributed by atoms with Crippen LogP contribution in [0.15, 0.2) is 18.2 Å². The van der Waals surface area contributed by atoms with E-state index in [1.165, 1.54) is 7.11 Å². The van der Waals surface area contributed by atoms with Gasteiger partial charge in [-0.3, -0.25) is 4.79 Å². The highest BCUT2D eigenvalue weighted by atomic mass is 16.5. The van der Waals surface area contributed by atoms with Crippen molar-refractivity contribution in [2.24, 2.45) is 5.92 Å². The van der Waals surface area contributed by atoms with Gasteiger partial charge in [-0.1, -0.05) is 13.3 Å². The van der Waals surface area contributed by atoms with Crippen molar-refractivity contribution in [3.8, 4) is 11.5 Å². The van der Waals surface area contributed by atoms with E-state index in [1.807, 2.05) is 13.8 Å². The predicted octanol–water partition coefficient (Wildman–Crippen LogP) is 4.15. The van der Waals surface area contributed by atoms with Crippen LogP contribution < -0.4 is 9.47 Å². The van der Waals surface area contributed by atoms with E-state index in [2.05, 4.69) is 0 Å². The van der Waals surface area contributed by atoms with Crippen LogP contribution in [0.2, 0.25) is 0 Å². The summed E-state index contributed by atoms with van der Waals surface area (Å²) in [6.45, 7) is 4.69. The highest BCUT2D eigenvalue weighted by Crippen LogP contribution is 2.31. The maximum Gasteiger partial charge on any atom is 0.341 e. The number of esters is 2. The van der Waals surface area contributed by atoms with Gasteiger partial charge in [-0.2, -0.15) is 0 Å². The van der Waals surface area contributed by atoms with Crippen LogP contribution in [-0.2, 0) is 14.3 Å². The van der Waals surface area contributed by atoms with Gasteiger partial charge in [0.1, 0.15) is 17.1 Å². The Morgan fingerprint density at radius 3 is 2.44 bits per heavy atom. The van der Waals surface area contributed by atoms with Gasteiger partial charge in [0, 0.05) is 6.07 Å². The molecule has 1 saturated carbocycles. The van der Waals surface area contributed by atoms with Crippen molar-refractivity contribution < 1.29 is 28.5 Å². The minimum atomic E-state index is -0.387. The van der Waals surface area contributed by atoms with Crippen molar-refractivity contribution in [2.45, 2.75) is 58.5 Å². The molecule has 0 atom stereocenters. The first-order chi connectivity index (χ1) is 13.1. The van der Waals surface area contributed by atoms with E-state index in [9.17, 15) is 9.59 Å². The number of unbranched alkanes of at least 4 members (excludes halogenated alkanes) is 1. The maximum absolute atomic E-state index is 12.2. The molecule has 0 unspecified atom stereocenters. The average Bonchev–Trinajstić information content (AvgIpc) is 2.68. The molecule has 1 fully saturated rings. The lowest BCUT2D eigenvalue weighted by Gasteiger charge is -2.28. The van der Waals surface area contributed by atoms with Gasteiger partial charge < -0.3 is 18.9 Å². The molecule has 0 aliphatic heterocycles. The molecule has 0 spiro atoms. The molecule has 1 aromatic rings. The number of ether oxygens (including phenoxy) is 4. The second kappa shape index (κ2) is 10.8. The van der Waals surface area contributed by atoms with Crippen molar-refractivity contribution in [1.29, 1.82) is 0 Å². The van der Waals surface area contributed by atoms with Crippen molar-refractivity contribution in [1.82, 2.24) is 0 Å². The molecule has 27 heavy (non-hydrogen) atoms. The first kappa shape index (κ1) is 21.1. The smallest absolute Gasteiger partial charge is 0.341 e. The normalized spacial score (nSPS) is 19.2. The number of hydrogen-bond acceptors (Lipinski definition) is 6. The summed E-state index contributed by atoms with van der Waals surface area (Å²) in [6.07, 6.45) is 4.98. The first-order valence-corrected chi connectivity index (χ1v) is 9.77. The lowest BCUT2D eigenvalue weighted by atomic mass is 9.87. The monoisotopic (exact) mass is 378 g/mol. The lowest BCUT2D eigenvalue weighted by Crippen LogP contribution is -2.29. The molecule has 1 aliphatic carbocycles. The predicted molar refractivity (Wildman–Crippen MR) is 101 cm³/mol. The number of rotatable bonds is 9. The lowest BCUT2D eigenvalue weighted by molar-refractivity contribution is -0.149. The summed E-state index contributed by atoms with van der Waals surface area (Å²) in [5.41, 5.74) is 0.395. The van der Waals surface area contributed by atoms with Crippen LogP contribution in [0.3, 0.4) is 0 Å². The molecular weight excluding hydrogens is 348 g/mol. The fraction of sp³-hybridized carbons (Fsp3) is 0.619. The molecule has 2 rings (SSSR count). The molecule has 0 heterocycles. The minimum absolute atomic E-state index is 0.0281. The summed E-state index contributed by atoms with van der Waals surface area (Å²) in [6, 6.07) is 5.15. The molecule has 0 radical (unpaired) electrons. The first-order valence-electron chi connectivity index (χ1n) is 9.77. The summed E-state index contributed by atoms with van der Waals surface area (Å²) in [5, 5.41) is 0. The van der Waals surface area contributed by atoms with E-state index in [4.69, 9.17) is 18.9 Å². The standard InChI is InChI=1S/C21H30O6/c1-4-6-13-26-21(23)18-12-11-17(14-19(18)24-3)27-16-9-7-15(8-10-16)20(22)25-5-2/h11-12,14-16H,4-10,13H2,1-3H3. The van der Waals surface area contributed by atoms with Crippen molar-refractivity contribution in [3.05, 3.63) is 23.8 Å². The van der Waals surface area contributed by atoms with E-state index in [0.717, 1.165) is 38.5 Å². The van der Waals surface area contributed by atoms with Gasteiger partial charge >= 0.3 is 11.9 Å². The largest absolute Gasteiger partial charge is 0.496 e. The van der Waals surface area contributed by atoms with E-state index in [0.29, 0.717) is 30.3 Å². The molecule has 1 aromatic carbocycles. The molecule has 6 nitrogen and oxygen atoms in total. The van der Waals surface area contributed by atoms with Crippen molar-refractivity contribution in [2.75, 3.05) is 20.3 Å². The average molecular weight is 378 g/mol. The Hall–Kier alpha value is -2.24. The third-order valence-corrected chi connectivity index (χ3v) is 4.72. The highest BCUT2D eigenvalue weighted by molar-refractivity contribution is 5.92. The van der Waals surface area contributed by atoms with Gasteiger partial charge in [-0.25, -0.2) is 4.79 Å². The minimum Gasteiger partial charge on any atom is -0.496 e. The molecule has 0 bridgehead atoms. The SMILES string of the molecule is CCCCOC(=O)c1ccc(OC2CCC(C(=O)OCC)CC2)cc1OC. The summed E-state index contributed by atoms with van der Waals surface area (Å²) in [7, 11) is 1.52. The highest BCUT2D eigenvalue weighted by Gasteiger charge is 2.28. The quantitative estimate of drug-likeness (QED) is 0.475. The number of hydrogen-bond donors (Lipinski definition) is 0. The fourth-order valence-corrected chi connectivity index (χ4v) is 3.17. The van der Waals surface area contributed by atoms with E-state index in [-0.39, 0.29) is 24.0 Å². The van der Waals surface area contributed by atoms with Gasteiger partial charge in [-0.15, -0.1) is 0 Å². The van der Waals surface area contributed by atoms with Gasteiger partial charge in [-0.05, 0) is 51.2 Å². The Bertz CT molecular complexity index is 619. The Balaban J connectivity index is 1.92. The fourth-order valence-electron chi connectivity index (χ4n) is 3.17.